The highest BCUT2D eigenvalue weighted by Crippen LogP contribution is 2.54. The van der Waals surface area contributed by atoms with Gasteiger partial charge in [0.15, 0.2) is 0 Å². The van der Waals surface area contributed by atoms with E-state index >= 15 is 0 Å². The van der Waals surface area contributed by atoms with E-state index in [1.807, 2.05) is 0 Å². The van der Waals surface area contributed by atoms with Gasteiger partial charge in [0.2, 0.25) is 0 Å². The molecule has 2 heterocycles. The van der Waals surface area contributed by atoms with Gasteiger partial charge in [0.05, 0.1) is 0 Å². The Kier molecular flexibility index (Phi) is 8.24. The molecule has 0 fully saturated rings. The summed E-state index contributed by atoms with van der Waals surface area (Å²) in [5.41, 5.74) is 24.0. The smallest absolute Gasteiger partial charge is 0.252 e. The third kappa shape index (κ3) is 5.79. The average Bonchev–Trinajstić information content (AvgIpc) is 3.30. The van der Waals surface area contributed by atoms with Gasteiger partial charge in [-0.15, -0.1) is 0 Å². The summed E-state index contributed by atoms with van der Waals surface area (Å²) in [5.74, 6) is 0. The second-order valence-electron chi connectivity index (χ2n) is 23.5. The normalized spacial score (nSPS) is 19.3. The summed E-state index contributed by atoms with van der Waals surface area (Å²) in [7, 11) is 0. The molecule has 2 nitrogen and oxygen atoms in total. The molecule has 3 heteroatoms. The lowest BCUT2D eigenvalue weighted by Crippen LogP contribution is -2.61. The molecular formula is C55H67BN2. The summed E-state index contributed by atoms with van der Waals surface area (Å²) in [4.78, 5) is 5.34. The van der Waals surface area contributed by atoms with Gasteiger partial charge in [0, 0.05) is 34.1 Å². The van der Waals surface area contributed by atoms with Crippen LogP contribution in [0, 0.1) is 13.8 Å². The number of rotatable bonds is 2. The van der Waals surface area contributed by atoms with E-state index in [0.29, 0.717) is 0 Å². The van der Waals surface area contributed by atoms with Crippen molar-refractivity contribution < 1.29 is 0 Å². The highest BCUT2D eigenvalue weighted by atomic mass is 15.2. The number of hydrogen-bond donors (Lipinski definition) is 0. The summed E-state index contributed by atoms with van der Waals surface area (Å²) in [5, 5.41) is 0. The first-order chi connectivity index (χ1) is 26.8. The fraction of sp³-hybridized carbons (Fsp3) is 0.455. The fourth-order valence-corrected chi connectivity index (χ4v) is 11.7. The molecule has 0 amide bonds. The Morgan fingerprint density at radius 3 is 1.62 bits per heavy atom. The van der Waals surface area contributed by atoms with Crippen LogP contribution in [0.15, 0.2) is 78.9 Å². The average molecular weight is 767 g/mol. The zero-order valence-corrected chi connectivity index (χ0v) is 38.6. The molecule has 0 atom stereocenters. The molecule has 5 aromatic carbocycles. The van der Waals surface area contributed by atoms with Crippen molar-refractivity contribution >= 4 is 57.2 Å². The first-order valence-electron chi connectivity index (χ1n) is 22.1. The van der Waals surface area contributed by atoms with Gasteiger partial charge in [0.1, 0.15) is 0 Å². The number of anilines is 6. The second kappa shape index (κ2) is 12.2. The van der Waals surface area contributed by atoms with Crippen molar-refractivity contribution in [2.24, 2.45) is 0 Å². The van der Waals surface area contributed by atoms with Gasteiger partial charge in [-0.2, -0.15) is 0 Å². The molecular weight excluding hydrogens is 699 g/mol. The van der Waals surface area contributed by atoms with Gasteiger partial charge < -0.3 is 9.80 Å². The summed E-state index contributed by atoms with van der Waals surface area (Å²) in [6.45, 7) is 38.6. The van der Waals surface area contributed by atoms with Crippen LogP contribution in [-0.2, 0) is 32.5 Å². The molecule has 0 N–H and O–H groups in total. The van der Waals surface area contributed by atoms with Crippen molar-refractivity contribution in [1.82, 2.24) is 0 Å². The Morgan fingerprint density at radius 2 is 1.00 bits per heavy atom. The molecule has 0 aromatic heterocycles. The molecule has 5 aromatic rings. The molecule has 2 aliphatic heterocycles. The topological polar surface area (TPSA) is 6.48 Å². The van der Waals surface area contributed by atoms with Crippen LogP contribution >= 0.6 is 0 Å². The van der Waals surface area contributed by atoms with E-state index in [2.05, 4.69) is 199 Å². The molecule has 300 valence electrons. The molecule has 0 saturated heterocycles. The van der Waals surface area contributed by atoms with E-state index in [-0.39, 0.29) is 39.2 Å². The second-order valence-corrected chi connectivity index (χ2v) is 23.5. The monoisotopic (exact) mass is 767 g/mol. The summed E-state index contributed by atoms with van der Waals surface area (Å²) >= 11 is 0. The van der Waals surface area contributed by atoms with E-state index in [0.717, 1.165) is 6.42 Å². The van der Waals surface area contributed by atoms with E-state index in [1.54, 1.807) is 0 Å². The lowest BCUT2D eigenvalue weighted by Gasteiger charge is -2.47. The molecule has 0 saturated carbocycles. The van der Waals surface area contributed by atoms with Crippen molar-refractivity contribution in [2.75, 3.05) is 9.80 Å². The molecule has 0 radical (unpaired) electrons. The predicted octanol–water partition coefficient (Wildman–Crippen LogP) is 13.3. The number of aryl methyl sites for hydroxylation is 2. The highest BCUT2D eigenvalue weighted by Gasteiger charge is 2.49. The Bertz CT molecular complexity index is 2550. The zero-order valence-electron chi connectivity index (χ0n) is 38.6. The van der Waals surface area contributed by atoms with E-state index in [9.17, 15) is 0 Å². The maximum absolute atomic E-state index is 2.71. The molecule has 0 spiro atoms. The fourth-order valence-electron chi connectivity index (χ4n) is 11.7. The van der Waals surface area contributed by atoms with Crippen LogP contribution < -0.4 is 26.2 Å². The first-order valence-corrected chi connectivity index (χ1v) is 22.1. The molecule has 58 heavy (non-hydrogen) atoms. The van der Waals surface area contributed by atoms with Crippen molar-refractivity contribution in [3.8, 4) is 0 Å². The van der Waals surface area contributed by atoms with Gasteiger partial charge in [0.25, 0.3) is 6.71 Å². The number of nitrogens with zero attached hydrogens (tertiary/aromatic N) is 2. The molecule has 4 aliphatic rings. The minimum atomic E-state index is 0.00994. The molecule has 2 aliphatic carbocycles. The Labute approximate surface area is 351 Å². The van der Waals surface area contributed by atoms with Crippen molar-refractivity contribution in [2.45, 2.75) is 163 Å². The zero-order chi connectivity index (χ0) is 41.9. The summed E-state index contributed by atoms with van der Waals surface area (Å²) in [6, 6.07) is 32.3. The van der Waals surface area contributed by atoms with Crippen LogP contribution in [0.3, 0.4) is 0 Å². The minimum Gasteiger partial charge on any atom is -0.311 e. The lowest BCUT2D eigenvalue weighted by atomic mass is 9.33. The predicted molar refractivity (Wildman–Crippen MR) is 253 cm³/mol. The lowest BCUT2D eigenvalue weighted by molar-refractivity contribution is 0.332. The van der Waals surface area contributed by atoms with Crippen molar-refractivity contribution in [3.05, 3.63) is 123 Å². The van der Waals surface area contributed by atoms with Crippen LogP contribution in [0.1, 0.15) is 161 Å². The van der Waals surface area contributed by atoms with Gasteiger partial charge in [-0.25, -0.2) is 0 Å². The van der Waals surface area contributed by atoms with Crippen LogP contribution in [-0.4, -0.2) is 6.71 Å². The standard InChI is InChI=1S/C55H67BN2/c1-33-24-47-49-48(25-33)58(44-30-40-38(26-34(44)2)52(9,10)22-23-53(40,11)12)46-31-41-39(54(13,14)32-55(41,15)16)29-43(46)56(49)42-21-20-36(51(6,7)8)28-45(42)57(47)37-19-17-18-35(27-37)50(3,4)5/h17-21,24-31H,22-23,32H2,1-16H3. The maximum Gasteiger partial charge on any atom is 0.252 e. The minimum absolute atomic E-state index is 0.00994. The largest absolute Gasteiger partial charge is 0.311 e. The van der Waals surface area contributed by atoms with Gasteiger partial charge in [-0.3, -0.25) is 0 Å². The van der Waals surface area contributed by atoms with Gasteiger partial charge >= 0.3 is 0 Å². The summed E-state index contributed by atoms with van der Waals surface area (Å²) < 4.78 is 0. The van der Waals surface area contributed by atoms with E-state index in [4.69, 9.17) is 0 Å². The van der Waals surface area contributed by atoms with E-state index < -0.39 is 0 Å². The van der Waals surface area contributed by atoms with Crippen LogP contribution in [0.2, 0.25) is 0 Å². The number of fused-ring (bicyclic) bond motifs is 6. The maximum atomic E-state index is 2.71. The molecule has 9 rings (SSSR count). The Hall–Kier alpha value is -4.24. The third-order valence-corrected chi connectivity index (χ3v) is 14.9. The number of hydrogen-bond acceptors (Lipinski definition) is 2. The summed E-state index contributed by atoms with van der Waals surface area (Å²) in [6.07, 6.45) is 3.55. The van der Waals surface area contributed by atoms with Crippen LogP contribution in [0.5, 0.6) is 0 Å². The van der Waals surface area contributed by atoms with Crippen LogP contribution in [0.25, 0.3) is 0 Å². The SMILES string of the molecule is Cc1cc2c3c(c1)N(c1cc4c(cc1C)C(C)(C)CCC4(C)C)c1cc4c(cc1B3c1ccc(C(C)(C)C)cc1N2c1cccc(C(C)(C)C)c1)C(C)(C)CC4(C)C. The Balaban J connectivity index is 1.42. The molecule has 0 bridgehead atoms. The van der Waals surface area contributed by atoms with E-state index in [1.165, 1.54) is 108 Å². The van der Waals surface area contributed by atoms with Crippen LogP contribution in [0.4, 0.5) is 34.1 Å². The Morgan fingerprint density at radius 1 is 0.483 bits per heavy atom. The van der Waals surface area contributed by atoms with Gasteiger partial charge in [-0.05, 0) is 169 Å². The van der Waals surface area contributed by atoms with Crippen molar-refractivity contribution in [1.29, 1.82) is 0 Å². The molecule has 0 unspecified atom stereocenters. The highest BCUT2D eigenvalue weighted by molar-refractivity contribution is 7.00. The number of benzene rings is 5. The van der Waals surface area contributed by atoms with Gasteiger partial charge in [-0.1, -0.05) is 133 Å². The first kappa shape index (κ1) is 39.2. The third-order valence-electron chi connectivity index (χ3n) is 14.9. The quantitative estimate of drug-likeness (QED) is 0.162. The van der Waals surface area contributed by atoms with Crippen molar-refractivity contribution in [3.63, 3.8) is 0 Å².